The van der Waals surface area contributed by atoms with Crippen molar-refractivity contribution in [3.8, 4) is 0 Å². The lowest BCUT2D eigenvalue weighted by atomic mass is 10.3. The summed E-state index contributed by atoms with van der Waals surface area (Å²) >= 11 is 0. The first-order valence-electron chi connectivity index (χ1n) is 9.27. The third-order valence-electron chi connectivity index (χ3n) is 4.77. The number of rotatable bonds is 5. The van der Waals surface area contributed by atoms with Crippen LogP contribution in [0.5, 0.6) is 0 Å². The molecule has 11 nitrogen and oxygen atoms in total. The first-order chi connectivity index (χ1) is 13.4. The molecule has 1 aliphatic heterocycles. The molecule has 4 heterocycles. The van der Waals surface area contributed by atoms with Crippen LogP contribution in [-0.4, -0.2) is 54.3 Å². The Morgan fingerprint density at radius 3 is 2.93 bits per heavy atom. The van der Waals surface area contributed by atoms with Crippen LogP contribution >= 0.6 is 0 Å². The van der Waals surface area contributed by atoms with E-state index in [1.54, 1.807) is 15.6 Å². The smallest absolute Gasteiger partial charge is 0.245 e. The summed E-state index contributed by atoms with van der Waals surface area (Å²) in [7, 11) is 0. The van der Waals surface area contributed by atoms with Crippen LogP contribution in [0.4, 0.5) is 17.6 Å². The number of nitrogens with one attached hydrogen (secondary N) is 1. The van der Waals surface area contributed by atoms with Crippen LogP contribution in [0.3, 0.4) is 0 Å². The summed E-state index contributed by atoms with van der Waals surface area (Å²) in [5.74, 6) is 1.27. The third-order valence-corrected chi connectivity index (χ3v) is 4.77. The molecule has 5 N–H and O–H groups in total. The number of nitrogens with two attached hydrogens (primary N) is 2. The second-order valence-corrected chi connectivity index (χ2v) is 6.98. The molecule has 1 aliphatic rings. The number of anilines is 3. The maximum absolute atomic E-state index is 12.6. The highest BCUT2D eigenvalue weighted by molar-refractivity contribution is 5.91. The van der Waals surface area contributed by atoms with Gasteiger partial charge >= 0.3 is 0 Å². The molecule has 0 bridgehead atoms. The number of carbonyl (C=O) groups excluding carboxylic acids is 1. The Morgan fingerprint density at radius 2 is 2.21 bits per heavy atom. The van der Waals surface area contributed by atoms with Crippen molar-refractivity contribution < 1.29 is 4.79 Å². The van der Waals surface area contributed by atoms with Crippen LogP contribution in [0, 0.1) is 6.92 Å². The van der Waals surface area contributed by atoms with E-state index >= 15 is 0 Å². The third kappa shape index (κ3) is 3.36. The van der Waals surface area contributed by atoms with Crippen molar-refractivity contribution in [3.05, 3.63) is 18.1 Å². The van der Waals surface area contributed by atoms with E-state index in [-0.39, 0.29) is 24.4 Å². The van der Waals surface area contributed by atoms with Crippen molar-refractivity contribution in [2.45, 2.75) is 39.4 Å². The molecule has 1 unspecified atom stereocenters. The second-order valence-electron chi connectivity index (χ2n) is 6.98. The number of aromatic nitrogens is 6. The normalized spacial score (nSPS) is 16.8. The Balaban J connectivity index is 1.59. The van der Waals surface area contributed by atoms with E-state index in [4.69, 9.17) is 11.5 Å². The number of nitrogens with zero attached hydrogens (tertiary/aromatic N) is 7. The Morgan fingerprint density at radius 1 is 1.39 bits per heavy atom. The summed E-state index contributed by atoms with van der Waals surface area (Å²) in [4.78, 5) is 27.7. The Labute approximate surface area is 161 Å². The minimum atomic E-state index is -0.198. The molecule has 0 aliphatic carbocycles. The molecule has 3 aromatic rings. The number of aryl methyl sites for hydroxylation is 2. The number of fused-ring (bicyclic) bond motifs is 1. The second kappa shape index (κ2) is 7.08. The molecule has 0 saturated carbocycles. The lowest BCUT2D eigenvalue weighted by Gasteiger charge is -2.17. The summed E-state index contributed by atoms with van der Waals surface area (Å²) in [5, 5.41) is 7.22. The highest BCUT2D eigenvalue weighted by atomic mass is 16.2. The molecule has 3 aromatic heterocycles. The van der Waals surface area contributed by atoms with Crippen molar-refractivity contribution in [2.75, 3.05) is 29.0 Å². The summed E-state index contributed by atoms with van der Waals surface area (Å²) in [6.45, 7) is 6.07. The number of imidazole rings is 1. The molecule has 28 heavy (non-hydrogen) atoms. The van der Waals surface area contributed by atoms with E-state index in [0.29, 0.717) is 35.9 Å². The van der Waals surface area contributed by atoms with E-state index in [1.165, 1.54) is 0 Å². The van der Waals surface area contributed by atoms with Gasteiger partial charge in [-0.1, -0.05) is 0 Å². The van der Waals surface area contributed by atoms with Crippen molar-refractivity contribution >= 4 is 34.7 Å². The lowest BCUT2D eigenvalue weighted by molar-refractivity contribution is -0.116. The molecule has 0 radical (unpaired) electrons. The number of nitrogen functional groups attached to an aromatic ring is 1. The van der Waals surface area contributed by atoms with Gasteiger partial charge in [-0.25, -0.2) is 9.67 Å². The quantitative estimate of drug-likeness (QED) is 0.562. The van der Waals surface area contributed by atoms with E-state index in [2.05, 4.69) is 30.3 Å². The molecule has 0 spiro atoms. The molecule has 11 heteroatoms. The van der Waals surface area contributed by atoms with Gasteiger partial charge in [0.2, 0.25) is 11.9 Å². The minimum absolute atomic E-state index is 0.0554. The molecule has 4 rings (SSSR count). The average Bonchev–Trinajstić information content (AvgIpc) is 3.34. The minimum Gasteiger partial charge on any atom is -0.368 e. The van der Waals surface area contributed by atoms with Crippen LogP contribution in [0.25, 0.3) is 11.2 Å². The Kier molecular flexibility index (Phi) is 4.59. The predicted molar refractivity (Wildman–Crippen MR) is 106 cm³/mol. The van der Waals surface area contributed by atoms with Gasteiger partial charge in [0.25, 0.3) is 0 Å². The van der Waals surface area contributed by atoms with Crippen LogP contribution < -0.4 is 21.7 Å². The highest BCUT2D eigenvalue weighted by Crippen LogP contribution is 2.26. The standard InChI is InChI=1S/C17H24N10O/c1-3-27-12(6-10(2)24-27)21-13(28)8-26-9-20-14-15(22-17(19)23-16(14)26)25-5-4-11(18)7-25/h6,9,11H,3-5,7-8,18H2,1-2H3,(H,21,28)(H2,19,22,23). The summed E-state index contributed by atoms with van der Waals surface area (Å²) < 4.78 is 3.41. The van der Waals surface area contributed by atoms with Crippen LogP contribution in [-0.2, 0) is 17.9 Å². The van der Waals surface area contributed by atoms with Gasteiger partial charge in [-0.2, -0.15) is 15.1 Å². The zero-order valence-electron chi connectivity index (χ0n) is 16.0. The van der Waals surface area contributed by atoms with Crippen LogP contribution in [0.2, 0.25) is 0 Å². The number of hydrogen-bond acceptors (Lipinski definition) is 8. The molecule has 1 atom stereocenters. The van der Waals surface area contributed by atoms with Crippen molar-refractivity contribution in [2.24, 2.45) is 5.73 Å². The van der Waals surface area contributed by atoms with E-state index in [9.17, 15) is 4.79 Å². The summed E-state index contributed by atoms with van der Waals surface area (Å²) in [6, 6.07) is 1.94. The van der Waals surface area contributed by atoms with Gasteiger partial charge in [0, 0.05) is 31.7 Å². The van der Waals surface area contributed by atoms with Gasteiger partial charge in [0.1, 0.15) is 12.4 Å². The van der Waals surface area contributed by atoms with E-state index in [0.717, 1.165) is 18.7 Å². The highest BCUT2D eigenvalue weighted by Gasteiger charge is 2.25. The molecular formula is C17H24N10O. The average molecular weight is 384 g/mol. The van der Waals surface area contributed by atoms with E-state index < -0.39 is 0 Å². The Bertz CT molecular complexity index is 1020. The molecule has 148 valence electrons. The molecule has 1 fully saturated rings. The number of carbonyl (C=O) groups is 1. The van der Waals surface area contributed by atoms with Crippen molar-refractivity contribution in [1.29, 1.82) is 0 Å². The maximum atomic E-state index is 12.6. The van der Waals surface area contributed by atoms with Gasteiger partial charge in [-0.15, -0.1) is 0 Å². The zero-order chi connectivity index (χ0) is 19.8. The topological polar surface area (TPSA) is 146 Å². The maximum Gasteiger partial charge on any atom is 0.245 e. The van der Waals surface area contributed by atoms with Gasteiger partial charge in [-0.05, 0) is 20.3 Å². The fourth-order valence-corrected chi connectivity index (χ4v) is 3.49. The van der Waals surface area contributed by atoms with Gasteiger partial charge in [-0.3, -0.25) is 4.79 Å². The van der Waals surface area contributed by atoms with Gasteiger partial charge < -0.3 is 26.3 Å². The van der Waals surface area contributed by atoms with Crippen molar-refractivity contribution in [1.82, 2.24) is 29.3 Å². The molecular weight excluding hydrogens is 360 g/mol. The van der Waals surface area contributed by atoms with Gasteiger partial charge in [0.15, 0.2) is 17.0 Å². The molecule has 1 saturated heterocycles. The lowest BCUT2D eigenvalue weighted by Crippen LogP contribution is -2.27. The molecule has 1 amide bonds. The monoisotopic (exact) mass is 384 g/mol. The van der Waals surface area contributed by atoms with Crippen LogP contribution in [0.15, 0.2) is 12.4 Å². The fourth-order valence-electron chi connectivity index (χ4n) is 3.49. The largest absolute Gasteiger partial charge is 0.368 e. The van der Waals surface area contributed by atoms with Crippen LogP contribution in [0.1, 0.15) is 19.0 Å². The fraction of sp³-hybridized carbons (Fsp3) is 0.471. The Hall–Kier alpha value is -3.21. The SMILES string of the molecule is CCn1nc(C)cc1NC(=O)Cn1cnc2c(N3CCC(N)C3)nc(N)nc21. The number of hydrogen-bond donors (Lipinski definition) is 3. The molecule has 0 aromatic carbocycles. The predicted octanol–water partition coefficient (Wildman–Crippen LogP) is 0.109. The van der Waals surface area contributed by atoms with Crippen molar-refractivity contribution in [3.63, 3.8) is 0 Å². The van der Waals surface area contributed by atoms with E-state index in [1.807, 2.05) is 19.9 Å². The first kappa shape index (κ1) is 18.2. The number of amides is 1. The van der Waals surface area contributed by atoms with Gasteiger partial charge in [0.05, 0.1) is 12.0 Å². The summed E-state index contributed by atoms with van der Waals surface area (Å²) in [5.41, 5.74) is 13.9. The zero-order valence-corrected chi connectivity index (χ0v) is 16.0. The summed E-state index contributed by atoms with van der Waals surface area (Å²) in [6.07, 6.45) is 2.47. The first-order valence-corrected chi connectivity index (χ1v) is 9.27.